The second-order valence-electron chi connectivity index (χ2n) is 3.97. The third-order valence-electron chi connectivity index (χ3n) is 2.81. The standard InChI is InChI=1S/C13H14N2O3/c1-8-6-4-5-7-9(8)10-12(18-3)11(13(16)17)15(2)14-10/h4-7H,1-3H3,(H,16,17). The van der Waals surface area contributed by atoms with E-state index in [2.05, 4.69) is 5.10 Å². The van der Waals surface area contributed by atoms with Crippen LogP contribution < -0.4 is 4.74 Å². The topological polar surface area (TPSA) is 64.4 Å². The van der Waals surface area contributed by atoms with Crippen LogP contribution in [-0.2, 0) is 7.05 Å². The average molecular weight is 246 g/mol. The molecule has 1 N–H and O–H groups in total. The SMILES string of the molecule is COc1c(-c2ccccc2C)nn(C)c1C(=O)O. The number of aromatic nitrogens is 2. The molecule has 0 unspecified atom stereocenters. The van der Waals surface area contributed by atoms with Crippen molar-refractivity contribution in [3.63, 3.8) is 0 Å². The first-order valence-corrected chi connectivity index (χ1v) is 5.46. The van der Waals surface area contributed by atoms with Crippen molar-refractivity contribution in [1.29, 1.82) is 0 Å². The molecule has 0 bridgehead atoms. The lowest BCUT2D eigenvalue weighted by Gasteiger charge is -2.04. The van der Waals surface area contributed by atoms with Crippen molar-refractivity contribution in [3.8, 4) is 17.0 Å². The first-order valence-electron chi connectivity index (χ1n) is 5.46. The monoisotopic (exact) mass is 246 g/mol. The molecule has 0 aliphatic carbocycles. The molecule has 0 atom stereocenters. The van der Waals surface area contributed by atoms with Crippen LogP contribution in [0.25, 0.3) is 11.3 Å². The van der Waals surface area contributed by atoms with Gasteiger partial charge in [0.2, 0.25) is 0 Å². The number of nitrogens with zero attached hydrogens (tertiary/aromatic N) is 2. The average Bonchev–Trinajstić information content (AvgIpc) is 2.66. The van der Waals surface area contributed by atoms with E-state index in [1.54, 1.807) is 7.05 Å². The van der Waals surface area contributed by atoms with Crippen molar-refractivity contribution >= 4 is 5.97 Å². The number of rotatable bonds is 3. The molecule has 0 radical (unpaired) electrons. The summed E-state index contributed by atoms with van der Waals surface area (Å²) in [6, 6.07) is 7.65. The van der Waals surface area contributed by atoms with Crippen LogP contribution in [0, 0.1) is 6.92 Å². The zero-order valence-electron chi connectivity index (χ0n) is 10.5. The first-order chi connectivity index (χ1) is 8.56. The van der Waals surface area contributed by atoms with Crippen LogP contribution in [0.3, 0.4) is 0 Å². The molecule has 0 fully saturated rings. The van der Waals surface area contributed by atoms with E-state index >= 15 is 0 Å². The zero-order chi connectivity index (χ0) is 13.3. The van der Waals surface area contributed by atoms with Crippen LogP contribution in [0.2, 0.25) is 0 Å². The van der Waals surface area contributed by atoms with Crippen LogP contribution in [0.5, 0.6) is 5.75 Å². The summed E-state index contributed by atoms with van der Waals surface area (Å²) in [6.45, 7) is 1.95. The summed E-state index contributed by atoms with van der Waals surface area (Å²) in [5.74, 6) is -0.763. The number of benzene rings is 1. The minimum Gasteiger partial charge on any atom is -0.492 e. The Balaban J connectivity index is 2.70. The van der Waals surface area contributed by atoms with Gasteiger partial charge in [-0.1, -0.05) is 24.3 Å². The molecule has 5 heteroatoms. The Kier molecular flexibility index (Phi) is 3.06. The summed E-state index contributed by atoms with van der Waals surface area (Å²) in [4.78, 5) is 11.2. The molecule has 1 aromatic heterocycles. The molecule has 1 heterocycles. The van der Waals surface area contributed by atoms with E-state index < -0.39 is 5.97 Å². The normalized spacial score (nSPS) is 10.4. The first kappa shape index (κ1) is 12.2. The summed E-state index contributed by atoms with van der Waals surface area (Å²) in [5.41, 5.74) is 2.49. The van der Waals surface area contributed by atoms with Gasteiger partial charge >= 0.3 is 5.97 Å². The van der Waals surface area contributed by atoms with Gasteiger partial charge in [0.15, 0.2) is 11.4 Å². The molecule has 0 saturated carbocycles. The van der Waals surface area contributed by atoms with Gasteiger partial charge in [0.1, 0.15) is 5.69 Å². The van der Waals surface area contributed by atoms with E-state index in [-0.39, 0.29) is 5.69 Å². The highest BCUT2D eigenvalue weighted by Crippen LogP contribution is 2.33. The maximum absolute atomic E-state index is 11.2. The van der Waals surface area contributed by atoms with Gasteiger partial charge in [0, 0.05) is 12.6 Å². The molecule has 2 aromatic rings. The smallest absolute Gasteiger partial charge is 0.358 e. The summed E-state index contributed by atoms with van der Waals surface area (Å²) >= 11 is 0. The Hall–Kier alpha value is -2.30. The van der Waals surface area contributed by atoms with Gasteiger partial charge in [0.05, 0.1) is 7.11 Å². The van der Waals surface area contributed by atoms with Crippen molar-refractivity contribution in [2.75, 3.05) is 7.11 Å². The van der Waals surface area contributed by atoms with E-state index in [0.717, 1.165) is 11.1 Å². The lowest BCUT2D eigenvalue weighted by atomic mass is 10.1. The number of hydrogen-bond acceptors (Lipinski definition) is 3. The van der Waals surface area contributed by atoms with Crippen LogP contribution in [0.1, 0.15) is 16.1 Å². The predicted octanol–water partition coefficient (Wildman–Crippen LogP) is 2.10. The molecular formula is C13H14N2O3. The molecule has 0 amide bonds. The highest BCUT2D eigenvalue weighted by atomic mass is 16.5. The number of ether oxygens (including phenoxy) is 1. The second-order valence-corrected chi connectivity index (χ2v) is 3.97. The van der Waals surface area contributed by atoms with Gasteiger partial charge in [-0.15, -0.1) is 0 Å². The number of hydrogen-bond donors (Lipinski definition) is 1. The second kappa shape index (κ2) is 4.52. The zero-order valence-corrected chi connectivity index (χ0v) is 10.5. The lowest BCUT2D eigenvalue weighted by molar-refractivity contribution is 0.0681. The molecule has 2 rings (SSSR count). The Bertz CT molecular complexity index is 602. The number of carboxylic acids is 1. The lowest BCUT2D eigenvalue weighted by Crippen LogP contribution is -2.06. The summed E-state index contributed by atoms with van der Waals surface area (Å²) in [7, 11) is 3.04. The number of aryl methyl sites for hydroxylation is 2. The Morgan fingerprint density at radius 3 is 2.61 bits per heavy atom. The van der Waals surface area contributed by atoms with Crippen LogP contribution >= 0.6 is 0 Å². The van der Waals surface area contributed by atoms with Crippen molar-refractivity contribution in [3.05, 3.63) is 35.5 Å². The summed E-state index contributed by atoms with van der Waals surface area (Å²) in [5, 5.41) is 13.4. The largest absolute Gasteiger partial charge is 0.492 e. The molecule has 0 aliphatic heterocycles. The fourth-order valence-electron chi connectivity index (χ4n) is 1.95. The molecular weight excluding hydrogens is 232 g/mol. The number of carboxylic acid groups (broad SMARTS) is 1. The minimum absolute atomic E-state index is 0.0516. The van der Waals surface area contributed by atoms with Gasteiger partial charge in [0.25, 0.3) is 0 Å². The van der Waals surface area contributed by atoms with E-state index in [0.29, 0.717) is 11.4 Å². The van der Waals surface area contributed by atoms with E-state index in [1.807, 2.05) is 31.2 Å². The molecule has 0 spiro atoms. The van der Waals surface area contributed by atoms with Crippen molar-refractivity contribution < 1.29 is 14.6 Å². The Labute approximate surface area is 105 Å². The fourth-order valence-corrected chi connectivity index (χ4v) is 1.95. The fraction of sp³-hybridized carbons (Fsp3) is 0.231. The highest BCUT2D eigenvalue weighted by Gasteiger charge is 2.23. The molecule has 0 aliphatic rings. The van der Waals surface area contributed by atoms with Gasteiger partial charge in [-0.25, -0.2) is 4.79 Å². The molecule has 1 aromatic carbocycles. The third kappa shape index (κ3) is 1.84. The maximum Gasteiger partial charge on any atom is 0.358 e. The Morgan fingerprint density at radius 2 is 2.06 bits per heavy atom. The number of aromatic carboxylic acids is 1. The van der Waals surface area contributed by atoms with Crippen LogP contribution in [0.4, 0.5) is 0 Å². The van der Waals surface area contributed by atoms with Crippen molar-refractivity contribution in [1.82, 2.24) is 9.78 Å². The molecule has 5 nitrogen and oxygen atoms in total. The molecule has 94 valence electrons. The van der Waals surface area contributed by atoms with Crippen molar-refractivity contribution in [2.24, 2.45) is 7.05 Å². The summed E-state index contributed by atoms with van der Waals surface area (Å²) < 4.78 is 6.53. The predicted molar refractivity (Wildman–Crippen MR) is 66.9 cm³/mol. The van der Waals surface area contributed by atoms with Gasteiger partial charge in [-0.2, -0.15) is 5.10 Å². The van der Waals surface area contributed by atoms with Crippen molar-refractivity contribution in [2.45, 2.75) is 6.92 Å². The quantitative estimate of drug-likeness (QED) is 0.900. The van der Waals surface area contributed by atoms with Gasteiger partial charge in [-0.05, 0) is 12.5 Å². The van der Waals surface area contributed by atoms with Gasteiger partial charge < -0.3 is 9.84 Å². The van der Waals surface area contributed by atoms with E-state index in [4.69, 9.17) is 9.84 Å². The highest BCUT2D eigenvalue weighted by molar-refractivity contribution is 5.92. The number of methoxy groups -OCH3 is 1. The minimum atomic E-state index is -1.05. The summed E-state index contributed by atoms with van der Waals surface area (Å²) in [6.07, 6.45) is 0. The van der Waals surface area contributed by atoms with Crippen LogP contribution in [0.15, 0.2) is 24.3 Å². The molecule has 18 heavy (non-hydrogen) atoms. The number of carbonyl (C=O) groups is 1. The molecule has 0 saturated heterocycles. The van der Waals surface area contributed by atoms with Crippen LogP contribution in [-0.4, -0.2) is 28.0 Å². The Morgan fingerprint density at radius 1 is 1.39 bits per heavy atom. The van der Waals surface area contributed by atoms with E-state index in [1.165, 1.54) is 11.8 Å². The maximum atomic E-state index is 11.2. The van der Waals surface area contributed by atoms with E-state index in [9.17, 15) is 4.79 Å². The van der Waals surface area contributed by atoms with Gasteiger partial charge in [-0.3, -0.25) is 4.68 Å². The third-order valence-corrected chi connectivity index (χ3v) is 2.81.